The molecule has 0 bridgehead atoms. The molecule has 0 N–H and O–H groups in total. The summed E-state index contributed by atoms with van der Waals surface area (Å²) in [6, 6.07) is 14.5. The van der Waals surface area contributed by atoms with Crippen LogP contribution < -0.4 is 4.74 Å². The molecule has 0 aromatic heterocycles. The first kappa shape index (κ1) is 22.7. The standard InChI is InChI=1S/C23H27F3N2O/c1-2-3-4-5-6-7-19-8-10-20(11-9-19)16-27-28-17-21-12-14-22(15-13-21)29-18-23(24,25)26/h8-17H,2-7,18H2,1H3/b27-16+,28-17+. The maximum atomic E-state index is 12.1. The molecule has 0 saturated carbocycles. The summed E-state index contributed by atoms with van der Waals surface area (Å²) in [7, 11) is 0. The zero-order valence-electron chi connectivity index (χ0n) is 16.7. The van der Waals surface area contributed by atoms with Crippen LogP contribution in [0.25, 0.3) is 0 Å². The van der Waals surface area contributed by atoms with Gasteiger partial charge in [-0.25, -0.2) is 0 Å². The molecule has 3 nitrogen and oxygen atoms in total. The Morgan fingerprint density at radius 1 is 0.793 bits per heavy atom. The van der Waals surface area contributed by atoms with Crippen LogP contribution in [0.4, 0.5) is 13.2 Å². The molecule has 0 aliphatic rings. The number of hydrogen-bond acceptors (Lipinski definition) is 3. The van der Waals surface area contributed by atoms with E-state index in [2.05, 4.69) is 34.0 Å². The third kappa shape index (κ3) is 9.92. The summed E-state index contributed by atoms with van der Waals surface area (Å²) in [4.78, 5) is 0. The highest BCUT2D eigenvalue weighted by molar-refractivity contribution is 5.82. The summed E-state index contributed by atoms with van der Waals surface area (Å²) >= 11 is 0. The van der Waals surface area contributed by atoms with Gasteiger partial charge >= 0.3 is 6.18 Å². The van der Waals surface area contributed by atoms with Crippen LogP contribution in [-0.2, 0) is 6.42 Å². The Morgan fingerprint density at radius 3 is 1.90 bits per heavy atom. The number of alkyl halides is 3. The third-order valence-corrected chi connectivity index (χ3v) is 4.31. The quantitative estimate of drug-likeness (QED) is 0.236. The van der Waals surface area contributed by atoms with Gasteiger partial charge in [-0.05, 0) is 53.8 Å². The van der Waals surface area contributed by atoms with Gasteiger partial charge in [0.2, 0.25) is 0 Å². The van der Waals surface area contributed by atoms with E-state index in [1.807, 2.05) is 12.1 Å². The van der Waals surface area contributed by atoms with Crippen LogP contribution in [0.5, 0.6) is 5.75 Å². The van der Waals surface area contributed by atoms with E-state index in [9.17, 15) is 13.2 Å². The zero-order chi connectivity index (χ0) is 21.0. The van der Waals surface area contributed by atoms with Crippen molar-refractivity contribution in [1.82, 2.24) is 0 Å². The lowest BCUT2D eigenvalue weighted by atomic mass is 10.0. The van der Waals surface area contributed by atoms with E-state index in [4.69, 9.17) is 0 Å². The Morgan fingerprint density at radius 2 is 1.34 bits per heavy atom. The van der Waals surface area contributed by atoms with Gasteiger partial charge in [0.25, 0.3) is 0 Å². The van der Waals surface area contributed by atoms with Crippen LogP contribution in [0.3, 0.4) is 0 Å². The number of nitrogens with zero attached hydrogens (tertiary/aromatic N) is 2. The van der Waals surface area contributed by atoms with E-state index in [1.165, 1.54) is 56.0 Å². The zero-order valence-corrected chi connectivity index (χ0v) is 16.7. The summed E-state index contributed by atoms with van der Waals surface area (Å²) in [6.45, 7) is 0.917. The SMILES string of the molecule is CCCCCCCc1ccc(/C=N/N=C/c2ccc(OCC(F)(F)F)cc2)cc1. The van der Waals surface area contributed by atoms with Crippen LogP contribution in [0.1, 0.15) is 55.7 Å². The number of benzene rings is 2. The van der Waals surface area contributed by atoms with E-state index in [1.54, 1.807) is 18.3 Å². The van der Waals surface area contributed by atoms with Crippen LogP contribution in [0.2, 0.25) is 0 Å². The summed E-state index contributed by atoms with van der Waals surface area (Å²) < 4.78 is 41.0. The van der Waals surface area contributed by atoms with Gasteiger partial charge in [-0.1, -0.05) is 56.9 Å². The predicted molar refractivity (Wildman–Crippen MR) is 112 cm³/mol. The van der Waals surface area contributed by atoms with Crippen LogP contribution in [0.15, 0.2) is 58.7 Å². The number of unbranched alkanes of at least 4 members (excludes halogenated alkanes) is 4. The molecule has 0 amide bonds. The molecular weight excluding hydrogens is 377 g/mol. The van der Waals surface area contributed by atoms with Crippen molar-refractivity contribution in [3.63, 3.8) is 0 Å². The number of ether oxygens (including phenoxy) is 1. The molecule has 29 heavy (non-hydrogen) atoms. The first-order chi connectivity index (χ1) is 14.0. The molecule has 0 aliphatic heterocycles. The molecule has 0 fully saturated rings. The van der Waals surface area contributed by atoms with Crippen molar-refractivity contribution in [2.75, 3.05) is 6.61 Å². The van der Waals surface area contributed by atoms with Crippen molar-refractivity contribution in [3.8, 4) is 5.75 Å². The first-order valence-corrected chi connectivity index (χ1v) is 9.91. The average molecular weight is 404 g/mol. The van der Waals surface area contributed by atoms with Gasteiger partial charge in [0.05, 0.1) is 12.4 Å². The fourth-order valence-electron chi connectivity index (χ4n) is 2.72. The van der Waals surface area contributed by atoms with E-state index in [0.717, 1.165) is 17.5 Å². The highest BCUT2D eigenvalue weighted by Crippen LogP contribution is 2.18. The van der Waals surface area contributed by atoms with E-state index < -0.39 is 12.8 Å². The molecule has 0 unspecified atom stereocenters. The van der Waals surface area contributed by atoms with Gasteiger partial charge in [-0.15, -0.1) is 0 Å². The third-order valence-electron chi connectivity index (χ3n) is 4.31. The van der Waals surface area contributed by atoms with Crippen LogP contribution in [-0.4, -0.2) is 25.2 Å². The minimum Gasteiger partial charge on any atom is -0.484 e. The van der Waals surface area contributed by atoms with Gasteiger partial charge in [0.15, 0.2) is 6.61 Å². The van der Waals surface area contributed by atoms with Gasteiger partial charge < -0.3 is 4.74 Å². The molecule has 0 atom stereocenters. The molecule has 0 saturated heterocycles. The lowest BCUT2D eigenvalue weighted by molar-refractivity contribution is -0.153. The normalized spacial score (nSPS) is 12.1. The lowest BCUT2D eigenvalue weighted by Crippen LogP contribution is -2.19. The molecule has 2 aromatic rings. The van der Waals surface area contributed by atoms with Crippen LogP contribution >= 0.6 is 0 Å². The lowest BCUT2D eigenvalue weighted by Gasteiger charge is -2.08. The molecule has 6 heteroatoms. The Balaban J connectivity index is 1.76. The molecule has 0 spiro atoms. The molecular formula is C23H27F3N2O. The maximum Gasteiger partial charge on any atom is 0.422 e. The van der Waals surface area contributed by atoms with Gasteiger partial charge in [0, 0.05) is 0 Å². The van der Waals surface area contributed by atoms with Crippen molar-refractivity contribution >= 4 is 12.4 Å². The summed E-state index contributed by atoms with van der Waals surface area (Å²) in [5, 5.41) is 7.99. The Bertz CT molecular complexity index is 766. The second kappa shape index (κ2) is 12.0. The fraction of sp³-hybridized carbons (Fsp3) is 0.391. The molecule has 2 aromatic carbocycles. The minimum absolute atomic E-state index is 0.161. The minimum atomic E-state index is -4.35. The van der Waals surface area contributed by atoms with Crippen molar-refractivity contribution in [2.45, 2.75) is 51.6 Å². The van der Waals surface area contributed by atoms with Gasteiger partial charge in [-0.3, -0.25) is 0 Å². The molecule has 156 valence electrons. The Hall–Kier alpha value is -2.63. The molecule has 0 heterocycles. The smallest absolute Gasteiger partial charge is 0.422 e. The van der Waals surface area contributed by atoms with Crippen molar-refractivity contribution < 1.29 is 17.9 Å². The molecule has 0 radical (unpaired) electrons. The number of halogens is 3. The largest absolute Gasteiger partial charge is 0.484 e. The highest BCUT2D eigenvalue weighted by Gasteiger charge is 2.28. The van der Waals surface area contributed by atoms with E-state index in [0.29, 0.717) is 0 Å². The van der Waals surface area contributed by atoms with Crippen molar-refractivity contribution in [3.05, 3.63) is 65.2 Å². The average Bonchev–Trinajstić information content (AvgIpc) is 2.71. The number of aryl methyl sites for hydroxylation is 1. The topological polar surface area (TPSA) is 34.0 Å². The fourth-order valence-corrected chi connectivity index (χ4v) is 2.72. The first-order valence-electron chi connectivity index (χ1n) is 9.91. The highest BCUT2D eigenvalue weighted by atomic mass is 19.4. The second-order valence-electron chi connectivity index (χ2n) is 6.87. The van der Waals surface area contributed by atoms with Gasteiger partial charge in [0.1, 0.15) is 5.75 Å². The van der Waals surface area contributed by atoms with Crippen molar-refractivity contribution in [1.29, 1.82) is 0 Å². The molecule has 2 rings (SSSR count). The summed E-state index contributed by atoms with van der Waals surface area (Å²) in [6.07, 6.45) is 6.34. The van der Waals surface area contributed by atoms with E-state index in [-0.39, 0.29) is 5.75 Å². The van der Waals surface area contributed by atoms with Gasteiger partial charge in [-0.2, -0.15) is 23.4 Å². The van der Waals surface area contributed by atoms with Crippen LogP contribution in [0, 0.1) is 0 Å². The molecule has 0 aliphatic carbocycles. The Labute approximate surface area is 170 Å². The number of rotatable bonds is 11. The predicted octanol–water partition coefficient (Wildman–Crippen LogP) is 6.59. The summed E-state index contributed by atoms with van der Waals surface area (Å²) in [5.41, 5.74) is 3.02. The Kier molecular flexibility index (Phi) is 9.41. The number of hydrogen-bond donors (Lipinski definition) is 0. The monoisotopic (exact) mass is 404 g/mol. The second-order valence-corrected chi connectivity index (χ2v) is 6.87. The van der Waals surface area contributed by atoms with Crippen molar-refractivity contribution in [2.24, 2.45) is 10.2 Å². The summed E-state index contributed by atoms with van der Waals surface area (Å²) in [5.74, 6) is 0.161. The maximum absolute atomic E-state index is 12.1. The van der Waals surface area contributed by atoms with E-state index >= 15 is 0 Å².